The largest absolute Gasteiger partial charge is 0.507 e. The van der Waals surface area contributed by atoms with Crippen molar-refractivity contribution in [3.05, 3.63) is 65.1 Å². The zero-order chi connectivity index (χ0) is 39.7. The number of phenolic OH excluding ortho intramolecular Hbond substituents is 2. The van der Waals surface area contributed by atoms with Crippen LogP contribution in [-0.2, 0) is 48.6 Å². The molecule has 0 saturated heterocycles. The van der Waals surface area contributed by atoms with Crippen LogP contribution in [0.1, 0.15) is 181 Å². The van der Waals surface area contributed by atoms with Crippen LogP contribution in [0.5, 0.6) is 11.5 Å². The van der Waals surface area contributed by atoms with Crippen molar-refractivity contribution < 1.29 is 47.4 Å². The molecule has 8 nitrogen and oxygen atoms in total. The molecule has 2 unspecified atom stereocenters. The van der Waals surface area contributed by atoms with E-state index < -0.39 is 11.9 Å². The number of carbonyl (C=O) groups is 2. The van der Waals surface area contributed by atoms with Crippen molar-refractivity contribution in [2.24, 2.45) is 9.98 Å². The summed E-state index contributed by atoms with van der Waals surface area (Å²) in [4.78, 5) is 28.4. The van der Waals surface area contributed by atoms with Crippen LogP contribution in [0.25, 0.3) is 0 Å². The number of rotatable bonds is 11. The third-order valence-corrected chi connectivity index (χ3v) is 10.3. The Bertz CT molecular complexity index is 1560. The van der Waals surface area contributed by atoms with Gasteiger partial charge in [-0.05, 0) is 70.6 Å². The van der Waals surface area contributed by atoms with Crippen molar-refractivity contribution in [2.45, 2.75) is 181 Å². The van der Waals surface area contributed by atoms with Crippen LogP contribution in [0.4, 0.5) is 0 Å². The van der Waals surface area contributed by atoms with Crippen molar-refractivity contribution in [3.8, 4) is 11.5 Å². The monoisotopic (exact) mass is 787 g/mol. The Hall–Kier alpha value is -3.15. The summed E-state index contributed by atoms with van der Waals surface area (Å²) < 4.78 is 0. The molecule has 0 aliphatic heterocycles. The Morgan fingerprint density at radius 3 is 1.31 bits per heavy atom. The predicted molar refractivity (Wildman–Crippen MR) is 222 cm³/mol. The second kappa shape index (κ2) is 21.2. The summed E-state index contributed by atoms with van der Waals surface area (Å²) in [6, 6.07) is 8.81. The van der Waals surface area contributed by atoms with Crippen LogP contribution in [-0.4, -0.2) is 56.9 Å². The molecule has 2 aromatic rings. The van der Waals surface area contributed by atoms with Crippen molar-refractivity contribution in [3.63, 3.8) is 0 Å². The van der Waals surface area contributed by atoms with Crippen LogP contribution >= 0.6 is 0 Å². The maximum Gasteiger partial charge on any atom is 0.414 e. The third-order valence-electron chi connectivity index (χ3n) is 10.3. The van der Waals surface area contributed by atoms with Crippen molar-refractivity contribution >= 4 is 24.4 Å². The van der Waals surface area contributed by atoms with Crippen molar-refractivity contribution in [1.82, 2.24) is 0 Å². The number of carboxylic acids is 2. The minimum absolute atomic E-state index is 0. The normalized spacial score (nSPS) is 16.7. The summed E-state index contributed by atoms with van der Waals surface area (Å²) in [5.41, 5.74) is 5.72. The Morgan fingerprint density at radius 2 is 1.00 bits per heavy atom. The fraction of sp³-hybridized carbons (Fsp3) is 0.622. The number of carboxylic acid groups (broad SMARTS) is 2. The number of aliphatic carboxylic acids is 2. The molecular formula is C45H71CrN2O6-. The van der Waals surface area contributed by atoms with Gasteiger partial charge >= 0.3 is 11.9 Å². The molecule has 54 heavy (non-hydrogen) atoms. The summed E-state index contributed by atoms with van der Waals surface area (Å²) in [7, 11) is 0. The number of phenols is 2. The van der Waals surface area contributed by atoms with Gasteiger partial charge in [0.05, 0.1) is 12.1 Å². The maximum absolute atomic E-state index is 11.6. The first-order valence-corrected chi connectivity index (χ1v) is 19.2. The Morgan fingerprint density at radius 1 is 0.648 bits per heavy atom. The second-order valence-electron chi connectivity index (χ2n) is 18.0. The first-order valence-electron chi connectivity index (χ1n) is 19.2. The molecular weight excluding hydrogens is 716 g/mol. The quantitative estimate of drug-likeness (QED) is 0.102. The van der Waals surface area contributed by atoms with Gasteiger partial charge in [-0.25, -0.2) is 9.59 Å². The SMILES string of the molecule is CCCCC(C)(CCCC)c1cc(C=NC2CCCCC2N=Cc2cc(C(C)(C)C)cc(C(C)(C)C)c2O)c(O)c(C(C)(C)C)c1.O=C(O)C(=O)O.[CH3-].[Cr]. The molecule has 4 N–H and O–H groups in total. The van der Waals surface area contributed by atoms with Gasteiger partial charge in [-0.2, -0.15) is 0 Å². The zero-order valence-corrected chi connectivity index (χ0v) is 36.9. The van der Waals surface area contributed by atoms with E-state index in [-0.39, 0.29) is 58.5 Å². The minimum atomic E-state index is -1.82. The number of benzene rings is 2. The molecule has 2 atom stereocenters. The number of aliphatic imine (C=N–C) groups is 2. The average Bonchev–Trinajstić information content (AvgIpc) is 3.04. The average molecular weight is 788 g/mol. The van der Waals surface area contributed by atoms with Gasteiger partial charge in [-0.1, -0.05) is 134 Å². The molecule has 1 aliphatic rings. The summed E-state index contributed by atoms with van der Waals surface area (Å²) in [5.74, 6) is -2.97. The summed E-state index contributed by atoms with van der Waals surface area (Å²) in [6.07, 6.45) is 15.1. The van der Waals surface area contributed by atoms with Crippen LogP contribution < -0.4 is 0 Å². The molecule has 304 valence electrons. The molecule has 0 heterocycles. The maximum atomic E-state index is 11.6. The number of hydrogen-bond acceptors (Lipinski definition) is 6. The van der Waals surface area contributed by atoms with E-state index in [4.69, 9.17) is 29.8 Å². The smallest absolute Gasteiger partial charge is 0.414 e. The van der Waals surface area contributed by atoms with Gasteiger partial charge in [0, 0.05) is 52.0 Å². The van der Waals surface area contributed by atoms with Gasteiger partial charge in [-0.3, -0.25) is 9.98 Å². The van der Waals surface area contributed by atoms with Gasteiger partial charge in [-0.15, -0.1) is 0 Å². The molecule has 2 aromatic carbocycles. The standard InChI is InChI=1S/C42H66N2O2.C2H2O4.CH3.Cr/c1-13-15-21-42(12,22-16-14-2)32-24-30(38(46)34(26-32)41(9,10)11)28-44-36-20-18-17-19-35(36)43-27-29-23-31(39(3,4)5)25-33(37(29)45)40(6,7)8;3-1(4)2(5)6;;/h23-28,35-36,45-46H,13-22H2,1-12H3;(H,3,4)(H,5,6);1H3;/q;;-1;. The Kier molecular flexibility index (Phi) is 20.0. The third kappa shape index (κ3) is 14.5. The zero-order valence-electron chi connectivity index (χ0n) is 35.6. The van der Waals surface area contributed by atoms with Gasteiger partial charge in [0.2, 0.25) is 0 Å². The van der Waals surface area contributed by atoms with E-state index >= 15 is 0 Å². The number of hydrogen-bond donors (Lipinski definition) is 4. The number of unbranched alkanes of at least 4 members (excludes halogenated alkanes) is 2. The van der Waals surface area contributed by atoms with Crippen molar-refractivity contribution in [2.75, 3.05) is 0 Å². The van der Waals surface area contributed by atoms with Gasteiger partial charge in [0.15, 0.2) is 0 Å². The Balaban J connectivity index is 0.00000324. The summed E-state index contributed by atoms with van der Waals surface area (Å²) >= 11 is 0. The van der Waals surface area contributed by atoms with E-state index in [0.29, 0.717) is 11.5 Å². The van der Waals surface area contributed by atoms with Crippen LogP contribution in [0.15, 0.2) is 34.3 Å². The van der Waals surface area contributed by atoms with E-state index in [1.165, 1.54) is 36.8 Å². The molecule has 1 saturated carbocycles. The first-order chi connectivity index (χ1) is 24.0. The fourth-order valence-electron chi connectivity index (χ4n) is 6.77. The van der Waals surface area contributed by atoms with E-state index in [1.54, 1.807) is 0 Å². The van der Waals surface area contributed by atoms with E-state index in [0.717, 1.165) is 60.8 Å². The van der Waals surface area contributed by atoms with Gasteiger partial charge < -0.3 is 27.9 Å². The van der Waals surface area contributed by atoms with Gasteiger partial charge in [0.1, 0.15) is 11.5 Å². The predicted octanol–water partition coefficient (Wildman–Crippen LogP) is 11.1. The van der Waals surface area contributed by atoms with Crippen LogP contribution in [0.2, 0.25) is 0 Å². The topological polar surface area (TPSA) is 140 Å². The summed E-state index contributed by atoms with van der Waals surface area (Å²) in [6.45, 7) is 26.6. The molecule has 3 rings (SSSR count). The molecule has 0 spiro atoms. The van der Waals surface area contributed by atoms with Crippen molar-refractivity contribution in [1.29, 1.82) is 0 Å². The van der Waals surface area contributed by atoms with E-state index in [2.05, 4.69) is 107 Å². The second-order valence-corrected chi connectivity index (χ2v) is 18.0. The molecule has 1 fully saturated rings. The molecule has 0 radical (unpaired) electrons. The number of aromatic hydroxyl groups is 2. The summed E-state index contributed by atoms with van der Waals surface area (Å²) in [5, 5.41) is 37.7. The van der Waals surface area contributed by atoms with E-state index in [1.807, 2.05) is 12.4 Å². The molecule has 0 amide bonds. The van der Waals surface area contributed by atoms with Crippen LogP contribution in [0, 0.1) is 7.43 Å². The molecule has 0 aromatic heterocycles. The molecule has 1 aliphatic carbocycles. The minimum Gasteiger partial charge on any atom is -0.507 e. The van der Waals surface area contributed by atoms with E-state index in [9.17, 15) is 10.2 Å². The molecule has 0 bridgehead atoms. The van der Waals surface area contributed by atoms with Crippen LogP contribution in [0.3, 0.4) is 0 Å². The number of nitrogens with zero attached hydrogens (tertiary/aromatic N) is 2. The fourth-order valence-corrected chi connectivity index (χ4v) is 6.77. The molecule has 9 heteroatoms. The Labute approximate surface area is 338 Å². The van der Waals surface area contributed by atoms with Gasteiger partial charge in [0.25, 0.3) is 0 Å². The first kappa shape index (κ1) is 50.9.